The molecule has 5 heteroatoms. The molecule has 0 bridgehead atoms. The quantitative estimate of drug-likeness (QED) is 0.719. The minimum absolute atomic E-state index is 0.231. The van der Waals surface area contributed by atoms with E-state index in [-0.39, 0.29) is 5.92 Å². The lowest BCUT2D eigenvalue weighted by molar-refractivity contribution is 0.0700. The van der Waals surface area contributed by atoms with Crippen molar-refractivity contribution in [2.45, 2.75) is 39.5 Å². The molecule has 0 radical (unpaired) electrons. The molecule has 120 valence electrons. The van der Waals surface area contributed by atoms with Crippen LogP contribution in [0, 0.1) is 6.92 Å². The number of carboxylic acid groups (broad SMARTS) is 1. The van der Waals surface area contributed by atoms with Crippen LogP contribution in [0.25, 0.3) is 16.2 Å². The summed E-state index contributed by atoms with van der Waals surface area (Å²) in [4.78, 5) is 17.4. The summed E-state index contributed by atoms with van der Waals surface area (Å²) in [7, 11) is 0. The fraction of sp³-hybridized carbons (Fsp3) is 0.333. The highest BCUT2D eigenvalue weighted by Crippen LogP contribution is 2.34. The van der Waals surface area contributed by atoms with Gasteiger partial charge in [-0.2, -0.15) is 0 Å². The summed E-state index contributed by atoms with van der Waals surface area (Å²) in [5, 5.41) is 9.51. The second-order valence-corrected chi connectivity index (χ2v) is 6.76. The number of aromatic nitrogens is 2. The van der Waals surface area contributed by atoms with Crippen LogP contribution in [0.3, 0.4) is 0 Å². The fourth-order valence-electron chi connectivity index (χ4n) is 2.93. The van der Waals surface area contributed by atoms with Gasteiger partial charge in [0, 0.05) is 17.7 Å². The summed E-state index contributed by atoms with van der Waals surface area (Å²) in [5.41, 5.74) is 4.04. The molecular formula is C18H20N2O2S. The van der Waals surface area contributed by atoms with Crippen molar-refractivity contribution < 1.29 is 9.90 Å². The molecular weight excluding hydrogens is 308 g/mol. The van der Waals surface area contributed by atoms with Crippen LogP contribution in [-0.2, 0) is 0 Å². The number of fused-ring (bicyclic) bond motifs is 1. The first-order valence-corrected chi connectivity index (χ1v) is 8.68. The molecule has 0 unspecified atom stereocenters. The lowest BCUT2D eigenvalue weighted by Gasteiger charge is -2.12. The Bertz CT molecular complexity index is 842. The van der Waals surface area contributed by atoms with Crippen molar-refractivity contribution in [1.82, 2.24) is 9.38 Å². The Labute approximate surface area is 139 Å². The van der Waals surface area contributed by atoms with Gasteiger partial charge in [-0.15, -0.1) is 0 Å². The smallest absolute Gasteiger partial charge is 0.347 e. The Balaban J connectivity index is 2.16. The van der Waals surface area contributed by atoms with E-state index < -0.39 is 5.97 Å². The van der Waals surface area contributed by atoms with E-state index in [0.717, 1.165) is 34.8 Å². The number of benzene rings is 1. The Kier molecular flexibility index (Phi) is 4.22. The van der Waals surface area contributed by atoms with Crippen LogP contribution in [0.4, 0.5) is 0 Å². The van der Waals surface area contributed by atoms with Crippen LogP contribution in [0.5, 0.6) is 0 Å². The maximum Gasteiger partial charge on any atom is 0.347 e. The van der Waals surface area contributed by atoms with Crippen LogP contribution < -0.4 is 0 Å². The normalized spacial score (nSPS) is 11.5. The zero-order valence-corrected chi connectivity index (χ0v) is 14.4. The van der Waals surface area contributed by atoms with Gasteiger partial charge in [-0.25, -0.2) is 9.78 Å². The SMILES string of the molecule is CCC(CC)c1c(C(=O)O)sc2nc(-c3ccc(C)cc3)cn12. The van der Waals surface area contributed by atoms with E-state index in [9.17, 15) is 9.90 Å². The molecule has 4 nitrogen and oxygen atoms in total. The Hall–Kier alpha value is -2.14. The number of thiazole rings is 1. The van der Waals surface area contributed by atoms with Crippen LogP contribution in [-0.4, -0.2) is 20.5 Å². The molecule has 1 aromatic carbocycles. The van der Waals surface area contributed by atoms with E-state index in [1.165, 1.54) is 16.9 Å². The highest BCUT2D eigenvalue weighted by atomic mass is 32.1. The molecule has 1 N–H and O–H groups in total. The van der Waals surface area contributed by atoms with Crippen LogP contribution in [0.1, 0.15) is 53.5 Å². The first-order chi connectivity index (χ1) is 11.0. The number of hydrogen-bond acceptors (Lipinski definition) is 3. The monoisotopic (exact) mass is 328 g/mol. The zero-order chi connectivity index (χ0) is 16.6. The minimum atomic E-state index is -0.862. The van der Waals surface area contributed by atoms with E-state index in [1.54, 1.807) is 0 Å². The number of carbonyl (C=O) groups is 1. The van der Waals surface area contributed by atoms with E-state index in [2.05, 4.69) is 50.0 Å². The number of hydrogen-bond donors (Lipinski definition) is 1. The van der Waals surface area contributed by atoms with Crippen molar-refractivity contribution in [1.29, 1.82) is 0 Å². The average molecular weight is 328 g/mol. The summed E-state index contributed by atoms with van der Waals surface area (Å²) < 4.78 is 1.97. The maximum absolute atomic E-state index is 11.6. The van der Waals surface area contributed by atoms with E-state index >= 15 is 0 Å². The van der Waals surface area contributed by atoms with Crippen molar-refractivity contribution in [2.75, 3.05) is 0 Å². The van der Waals surface area contributed by atoms with Gasteiger partial charge in [-0.3, -0.25) is 4.40 Å². The van der Waals surface area contributed by atoms with Crippen LogP contribution in [0.15, 0.2) is 30.5 Å². The van der Waals surface area contributed by atoms with Crippen molar-refractivity contribution in [3.8, 4) is 11.3 Å². The number of aromatic carboxylic acids is 1. The first-order valence-electron chi connectivity index (χ1n) is 7.87. The van der Waals surface area contributed by atoms with E-state index in [0.29, 0.717) is 4.88 Å². The van der Waals surface area contributed by atoms with Gasteiger partial charge in [0.05, 0.1) is 11.4 Å². The molecule has 3 aromatic rings. The molecule has 2 heterocycles. The molecule has 23 heavy (non-hydrogen) atoms. The molecule has 0 aliphatic rings. The lowest BCUT2D eigenvalue weighted by Crippen LogP contribution is -2.06. The zero-order valence-electron chi connectivity index (χ0n) is 13.5. The average Bonchev–Trinajstić information content (AvgIpc) is 3.08. The van der Waals surface area contributed by atoms with Gasteiger partial charge < -0.3 is 5.11 Å². The second-order valence-electron chi connectivity index (χ2n) is 5.78. The highest BCUT2D eigenvalue weighted by Gasteiger charge is 2.24. The topological polar surface area (TPSA) is 54.6 Å². The maximum atomic E-state index is 11.6. The van der Waals surface area contributed by atoms with Crippen molar-refractivity contribution in [3.05, 3.63) is 46.6 Å². The summed E-state index contributed by atoms with van der Waals surface area (Å²) in [6, 6.07) is 8.23. The number of carboxylic acids is 1. The molecule has 3 rings (SSSR count). The number of imidazole rings is 1. The van der Waals surface area contributed by atoms with Gasteiger partial charge >= 0.3 is 5.97 Å². The molecule has 0 spiro atoms. The predicted molar refractivity (Wildman–Crippen MR) is 93.5 cm³/mol. The Morgan fingerprint density at radius 3 is 2.48 bits per heavy atom. The second kappa shape index (κ2) is 6.16. The minimum Gasteiger partial charge on any atom is -0.477 e. The third-order valence-electron chi connectivity index (χ3n) is 4.27. The van der Waals surface area contributed by atoms with Gasteiger partial charge in [0.1, 0.15) is 4.88 Å². The van der Waals surface area contributed by atoms with Crippen LogP contribution in [0.2, 0.25) is 0 Å². The first kappa shape index (κ1) is 15.7. The molecule has 0 fully saturated rings. The molecule has 0 amide bonds. The van der Waals surface area contributed by atoms with Gasteiger partial charge in [-0.1, -0.05) is 55.0 Å². The van der Waals surface area contributed by atoms with Gasteiger partial charge in [0.15, 0.2) is 4.96 Å². The Morgan fingerprint density at radius 2 is 1.91 bits per heavy atom. The summed E-state index contributed by atoms with van der Waals surface area (Å²) in [6.45, 7) is 6.25. The van der Waals surface area contributed by atoms with E-state index in [1.807, 2.05) is 10.6 Å². The number of nitrogens with zero attached hydrogens (tertiary/aromatic N) is 2. The number of aryl methyl sites for hydroxylation is 1. The summed E-state index contributed by atoms with van der Waals surface area (Å²) >= 11 is 1.26. The number of rotatable bonds is 5. The van der Waals surface area contributed by atoms with Crippen molar-refractivity contribution in [3.63, 3.8) is 0 Å². The molecule has 0 aliphatic carbocycles. The van der Waals surface area contributed by atoms with Gasteiger partial charge in [0.2, 0.25) is 0 Å². The molecule has 0 saturated carbocycles. The predicted octanol–water partition coefficient (Wildman–Crippen LogP) is 4.97. The Morgan fingerprint density at radius 1 is 1.26 bits per heavy atom. The van der Waals surface area contributed by atoms with Crippen LogP contribution >= 0.6 is 11.3 Å². The summed E-state index contributed by atoms with van der Waals surface area (Å²) in [6.07, 6.45) is 3.80. The molecule has 0 saturated heterocycles. The molecule has 2 aromatic heterocycles. The lowest BCUT2D eigenvalue weighted by atomic mass is 9.98. The van der Waals surface area contributed by atoms with Crippen molar-refractivity contribution in [2.24, 2.45) is 0 Å². The van der Waals surface area contributed by atoms with E-state index in [4.69, 9.17) is 0 Å². The van der Waals surface area contributed by atoms with Crippen molar-refractivity contribution >= 4 is 22.3 Å². The highest BCUT2D eigenvalue weighted by molar-refractivity contribution is 7.19. The largest absolute Gasteiger partial charge is 0.477 e. The summed E-state index contributed by atoms with van der Waals surface area (Å²) in [5.74, 6) is -0.630. The third kappa shape index (κ3) is 2.77. The fourth-order valence-corrected chi connectivity index (χ4v) is 3.97. The molecule has 0 aliphatic heterocycles. The standard InChI is InChI=1S/C18H20N2O2S/c1-4-12(5-2)15-16(17(21)22)23-18-19-14(10-20(15)18)13-8-6-11(3)7-9-13/h6-10,12H,4-5H2,1-3H3,(H,21,22). The third-order valence-corrected chi connectivity index (χ3v) is 5.33. The van der Waals surface area contributed by atoms with Gasteiger partial charge in [-0.05, 0) is 19.8 Å². The van der Waals surface area contributed by atoms with Gasteiger partial charge in [0.25, 0.3) is 0 Å². The molecule has 0 atom stereocenters.